The highest BCUT2D eigenvalue weighted by molar-refractivity contribution is 7.80. The lowest BCUT2D eigenvalue weighted by Gasteiger charge is -2.13. The molecule has 3 aromatic carbocycles. The summed E-state index contributed by atoms with van der Waals surface area (Å²) in [7, 11) is 0. The summed E-state index contributed by atoms with van der Waals surface area (Å²) in [4.78, 5) is 24.8. The fourth-order valence-electron chi connectivity index (χ4n) is 2.92. The Balaban J connectivity index is 1.48. The number of hydrogen-bond acceptors (Lipinski definition) is 4. The molecule has 2 amide bonds. The van der Waals surface area contributed by atoms with Crippen molar-refractivity contribution in [1.82, 2.24) is 10.6 Å². The molecular weight excluding hydrogens is 434 g/mol. The minimum Gasteiger partial charge on any atom is -0.491 e. The number of ether oxygens (including phenoxy) is 1. The summed E-state index contributed by atoms with van der Waals surface area (Å²) >= 11 is 5.24. The molecule has 0 aliphatic heterocycles. The van der Waals surface area contributed by atoms with Gasteiger partial charge in [-0.1, -0.05) is 37.3 Å². The van der Waals surface area contributed by atoms with Gasteiger partial charge < -0.3 is 15.4 Å². The zero-order chi connectivity index (χ0) is 23.6. The normalized spacial score (nSPS) is 11.2. The number of rotatable bonds is 8. The van der Waals surface area contributed by atoms with E-state index in [-0.39, 0.29) is 23.0 Å². The average molecular weight is 462 g/mol. The van der Waals surface area contributed by atoms with Crippen molar-refractivity contribution in [3.05, 3.63) is 95.6 Å². The summed E-state index contributed by atoms with van der Waals surface area (Å²) in [6, 6.07) is 23.5. The minimum absolute atomic E-state index is 0.114. The van der Waals surface area contributed by atoms with Crippen LogP contribution in [-0.4, -0.2) is 23.0 Å². The number of benzene rings is 3. The molecule has 0 saturated heterocycles. The monoisotopic (exact) mass is 461 g/mol. The van der Waals surface area contributed by atoms with Crippen molar-refractivity contribution in [1.29, 1.82) is 0 Å². The molecule has 1 unspecified atom stereocenters. The molecule has 0 fully saturated rings. The average Bonchev–Trinajstić information content (AvgIpc) is 2.84. The zero-order valence-corrected chi connectivity index (χ0v) is 19.4. The summed E-state index contributed by atoms with van der Waals surface area (Å²) in [5.74, 6) is 0.232. The molecule has 3 N–H and O–H groups in total. The van der Waals surface area contributed by atoms with Crippen LogP contribution < -0.4 is 20.7 Å². The molecule has 3 aromatic rings. The van der Waals surface area contributed by atoms with Crippen LogP contribution in [0.2, 0.25) is 0 Å². The highest BCUT2D eigenvalue weighted by atomic mass is 32.1. The van der Waals surface area contributed by atoms with Crippen molar-refractivity contribution >= 4 is 34.8 Å². The first-order valence-corrected chi connectivity index (χ1v) is 11.2. The van der Waals surface area contributed by atoms with Crippen LogP contribution in [0.4, 0.5) is 5.69 Å². The second-order valence-corrected chi connectivity index (χ2v) is 7.92. The summed E-state index contributed by atoms with van der Waals surface area (Å²) in [6.45, 7) is 4.50. The number of carbonyl (C=O) groups is 2. The molecule has 0 saturated carbocycles. The maximum atomic E-state index is 12.4. The quantitative estimate of drug-likeness (QED) is 0.415. The van der Waals surface area contributed by atoms with E-state index in [2.05, 4.69) is 22.9 Å². The Morgan fingerprint density at radius 2 is 1.48 bits per heavy atom. The highest BCUT2D eigenvalue weighted by Crippen LogP contribution is 2.15. The van der Waals surface area contributed by atoms with Crippen molar-refractivity contribution in [2.45, 2.75) is 32.9 Å². The van der Waals surface area contributed by atoms with Crippen LogP contribution in [0.1, 0.15) is 46.5 Å². The van der Waals surface area contributed by atoms with Crippen molar-refractivity contribution < 1.29 is 14.3 Å². The van der Waals surface area contributed by atoms with Crippen LogP contribution in [0.25, 0.3) is 0 Å². The van der Waals surface area contributed by atoms with E-state index >= 15 is 0 Å². The second-order valence-electron chi connectivity index (χ2n) is 7.51. The van der Waals surface area contributed by atoms with Crippen LogP contribution in [0.3, 0.4) is 0 Å². The van der Waals surface area contributed by atoms with Crippen molar-refractivity contribution in [2.24, 2.45) is 0 Å². The topological polar surface area (TPSA) is 79.5 Å². The molecule has 7 heteroatoms. The Kier molecular flexibility index (Phi) is 8.55. The van der Waals surface area contributed by atoms with E-state index in [1.54, 1.807) is 48.5 Å². The van der Waals surface area contributed by atoms with Gasteiger partial charge in [-0.15, -0.1) is 0 Å². The largest absolute Gasteiger partial charge is 0.491 e. The van der Waals surface area contributed by atoms with Gasteiger partial charge in [0.25, 0.3) is 11.8 Å². The molecule has 0 radical (unpaired) electrons. The number of thiocarbonyl (C=S) groups is 1. The second kappa shape index (κ2) is 11.8. The van der Waals surface area contributed by atoms with Crippen molar-refractivity contribution in [2.75, 3.05) is 5.32 Å². The maximum Gasteiger partial charge on any atom is 0.257 e. The van der Waals surface area contributed by atoms with Gasteiger partial charge in [-0.2, -0.15) is 0 Å². The predicted octanol–water partition coefficient (Wildman–Crippen LogP) is 4.92. The summed E-state index contributed by atoms with van der Waals surface area (Å²) in [5, 5.41) is 8.66. The summed E-state index contributed by atoms with van der Waals surface area (Å²) in [5.41, 5.74) is 2.70. The minimum atomic E-state index is -0.320. The fraction of sp³-hybridized carbons (Fsp3) is 0.192. The number of carbonyl (C=O) groups excluding carboxylic acids is 2. The zero-order valence-electron chi connectivity index (χ0n) is 18.6. The number of nitrogens with one attached hydrogen (secondary N) is 3. The van der Waals surface area contributed by atoms with E-state index in [9.17, 15) is 9.59 Å². The third-order valence-corrected chi connectivity index (χ3v) is 5.16. The van der Waals surface area contributed by atoms with Gasteiger partial charge in [-0.05, 0) is 79.7 Å². The van der Waals surface area contributed by atoms with E-state index < -0.39 is 0 Å². The molecule has 1 atom stereocenters. The van der Waals surface area contributed by atoms with E-state index in [4.69, 9.17) is 17.0 Å². The van der Waals surface area contributed by atoms with Gasteiger partial charge in [0, 0.05) is 23.4 Å². The van der Waals surface area contributed by atoms with Crippen LogP contribution in [0, 0.1) is 0 Å². The molecule has 170 valence electrons. The van der Waals surface area contributed by atoms with Gasteiger partial charge >= 0.3 is 0 Å². The van der Waals surface area contributed by atoms with Crippen molar-refractivity contribution in [3.63, 3.8) is 0 Å². The molecule has 0 aliphatic rings. The molecule has 0 aliphatic carbocycles. The summed E-state index contributed by atoms with van der Waals surface area (Å²) in [6.07, 6.45) is 1.02. The SMILES string of the molecule is CCC(C)Oc1ccc(C(=O)NC(=S)Nc2ccc(C(=O)NCc3ccccc3)cc2)cc1. The van der Waals surface area contributed by atoms with E-state index in [0.29, 0.717) is 23.4 Å². The first kappa shape index (κ1) is 23.9. The molecule has 0 aromatic heterocycles. The first-order valence-electron chi connectivity index (χ1n) is 10.8. The lowest BCUT2D eigenvalue weighted by Crippen LogP contribution is -2.34. The van der Waals surface area contributed by atoms with Gasteiger partial charge in [0.1, 0.15) is 5.75 Å². The van der Waals surface area contributed by atoms with Crippen LogP contribution in [0.15, 0.2) is 78.9 Å². The lowest BCUT2D eigenvalue weighted by atomic mass is 10.1. The molecule has 0 bridgehead atoms. The van der Waals surface area contributed by atoms with Crippen LogP contribution in [-0.2, 0) is 6.54 Å². The predicted molar refractivity (Wildman–Crippen MR) is 135 cm³/mol. The Labute approximate surface area is 199 Å². The van der Waals surface area contributed by atoms with Gasteiger partial charge in [-0.25, -0.2) is 0 Å². The highest BCUT2D eigenvalue weighted by Gasteiger charge is 2.10. The van der Waals surface area contributed by atoms with Gasteiger partial charge in [0.05, 0.1) is 6.10 Å². The Bertz CT molecular complexity index is 1080. The molecule has 33 heavy (non-hydrogen) atoms. The maximum absolute atomic E-state index is 12.4. The lowest BCUT2D eigenvalue weighted by molar-refractivity contribution is 0.0948. The number of anilines is 1. The Hall–Kier alpha value is -3.71. The molecule has 3 rings (SSSR count). The van der Waals surface area contributed by atoms with Gasteiger partial charge in [-0.3, -0.25) is 14.9 Å². The first-order chi connectivity index (χ1) is 15.9. The standard InChI is InChI=1S/C26H27N3O3S/c1-3-18(2)32-23-15-11-21(12-16-23)25(31)29-26(33)28-22-13-9-20(10-14-22)24(30)27-17-19-7-5-4-6-8-19/h4-16,18H,3,17H2,1-2H3,(H,27,30)(H2,28,29,31,33). The molecule has 0 heterocycles. The van der Waals surface area contributed by atoms with Gasteiger partial charge in [0.2, 0.25) is 0 Å². The third kappa shape index (κ3) is 7.43. The smallest absolute Gasteiger partial charge is 0.257 e. The van der Waals surface area contributed by atoms with Crippen LogP contribution >= 0.6 is 12.2 Å². The van der Waals surface area contributed by atoms with E-state index in [1.807, 2.05) is 37.3 Å². The van der Waals surface area contributed by atoms with Crippen molar-refractivity contribution in [3.8, 4) is 5.75 Å². The Morgan fingerprint density at radius 3 is 2.12 bits per heavy atom. The number of amides is 2. The van der Waals surface area contributed by atoms with E-state index in [1.165, 1.54) is 0 Å². The Morgan fingerprint density at radius 1 is 0.879 bits per heavy atom. The third-order valence-electron chi connectivity index (χ3n) is 4.96. The molecule has 0 spiro atoms. The number of hydrogen-bond donors (Lipinski definition) is 3. The fourth-order valence-corrected chi connectivity index (χ4v) is 3.13. The molecule has 6 nitrogen and oxygen atoms in total. The van der Waals surface area contributed by atoms with Crippen LogP contribution in [0.5, 0.6) is 5.75 Å². The molecular formula is C26H27N3O3S. The summed E-state index contributed by atoms with van der Waals surface area (Å²) < 4.78 is 5.72. The van der Waals surface area contributed by atoms with Gasteiger partial charge in [0.15, 0.2) is 5.11 Å². The van der Waals surface area contributed by atoms with E-state index in [0.717, 1.165) is 17.7 Å².